The van der Waals surface area contributed by atoms with E-state index in [0.29, 0.717) is 5.56 Å². The van der Waals surface area contributed by atoms with Gasteiger partial charge in [-0.3, -0.25) is 4.79 Å². The molecule has 0 amide bonds. The lowest BCUT2D eigenvalue weighted by Crippen LogP contribution is -2.30. The zero-order valence-electron chi connectivity index (χ0n) is 9.82. The molecule has 0 radical (unpaired) electrons. The summed E-state index contributed by atoms with van der Waals surface area (Å²) in [5, 5.41) is 0. The summed E-state index contributed by atoms with van der Waals surface area (Å²) in [5.74, 6) is 0. The van der Waals surface area contributed by atoms with Gasteiger partial charge in [-0.05, 0) is 25.5 Å². The first-order valence-corrected chi connectivity index (χ1v) is 5.99. The molecule has 0 saturated carbocycles. The van der Waals surface area contributed by atoms with E-state index in [1.165, 1.54) is 0 Å². The van der Waals surface area contributed by atoms with Crippen molar-refractivity contribution in [3.05, 3.63) is 33.7 Å². The van der Waals surface area contributed by atoms with Crippen LogP contribution in [-0.4, -0.2) is 9.56 Å². The van der Waals surface area contributed by atoms with E-state index in [2.05, 4.69) is 6.92 Å². The Labute approximate surface area is 101 Å². The van der Waals surface area contributed by atoms with Gasteiger partial charge in [-0.2, -0.15) is 0 Å². The topological polar surface area (TPSA) is 48.0 Å². The molecule has 0 bridgehead atoms. The van der Waals surface area contributed by atoms with Crippen LogP contribution in [0.1, 0.15) is 37.4 Å². The van der Waals surface area contributed by atoms with Gasteiger partial charge in [0.05, 0.1) is 5.56 Å². The second-order valence-electron chi connectivity index (χ2n) is 3.92. The summed E-state index contributed by atoms with van der Waals surface area (Å²) in [6.45, 7) is 4.81. The molecule has 0 aliphatic rings. The lowest BCUT2D eigenvalue weighted by molar-refractivity contribution is 0.575. The highest BCUT2D eigenvalue weighted by atomic mass is 32.1. The fourth-order valence-electron chi connectivity index (χ4n) is 1.66. The monoisotopic (exact) mass is 238 g/mol. The fourth-order valence-corrected chi connectivity index (χ4v) is 1.81. The molecule has 2 N–H and O–H groups in total. The summed E-state index contributed by atoms with van der Waals surface area (Å²) < 4.78 is 1.75. The molecule has 16 heavy (non-hydrogen) atoms. The number of pyridine rings is 1. The van der Waals surface area contributed by atoms with Crippen LogP contribution in [0.4, 0.5) is 0 Å². The lowest BCUT2D eigenvalue weighted by Gasteiger charge is -2.11. The standard InChI is InChI=1S/C12H18N2OS/c1-3-4-5-8-14-9(2)6-7-10(11(13)16)12(14)15/h6-7H,3-5,8H2,1-2H3,(H2,13,16). The van der Waals surface area contributed by atoms with Crippen molar-refractivity contribution >= 4 is 17.2 Å². The molecule has 0 aliphatic carbocycles. The molecule has 0 aliphatic heterocycles. The van der Waals surface area contributed by atoms with E-state index in [0.717, 1.165) is 31.5 Å². The quantitative estimate of drug-likeness (QED) is 0.630. The van der Waals surface area contributed by atoms with Gasteiger partial charge in [0, 0.05) is 12.2 Å². The Hall–Kier alpha value is -1.16. The van der Waals surface area contributed by atoms with E-state index in [-0.39, 0.29) is 10.5 Å². The van der Waals surface area contributed by atoms with Crippen molar-refractivity contribution in [2.45, 2.75) is 39.7 Å². The van der Waals surface area contributed by atoms with Crippen LogP contribution in [0.3, 0.4) is 0 Å². The minimum atomic E-state index is -0.0661. The average Bonchev–Trinajstić information content (AvgIpc) is 2.22. The summed E-state index contributed by atoms with van der Waals surface area (Å²) in [7, 11) is 0. The number of rotatable bonds is 5. The number of nitrogens with two attached hydrogens (primary N) is 1. The normalized spacial score (nSPS) is 10.4. The zero-order valence-corrected chi connectivity index (χ0v) is 10.6. The Kier molecular flexibility index (Phi) is 4.68. The van der Waals surface area contributed by atoms with Crippen LogP contribution in [0.25, 0.3) is 0 Å². The van der Waals surface area contributed by atoms with Gasteiger partial charge < -0.3 is 10.3 Å². The summed E-state index contributed by atoms with van der Waals surface area (Å²) in [6, 6.07) is 3.60. The van der Waals surface area contributed by atoms with Crippen molar-refractivity contribution in [2.75, 3.05) is 0 Å². The second-order valence-corrected chi connectivity index (χ2v) is 4.36. The SMILES string of the molecule is CCCCCn1c(C)ccc(C(N)=S)c1=O. The third kappa shape index (κ3) is 2.92. The Balaban J connectivity index is 3.02. The van der Waals surface area contributed by atoms with Gasteiger partial charge in [0.15, 0.2) is 0 Å². The Morgan fingerprint density at radius 3 is 2.69 bits per heavy atom. The van der Waals surface area contributed by atoms with Crippen molar-refractivity contribution in [2.24, 2.45) is 5.73 Å². The van der Waals surface area contributed by atoms with E-state index < -0.39 is 0 Å². The molecule has 0 saturated heterocycles. The fraction of sp³-hybridized carbons (Fsp3) is 0.500. The van der Waals surface area contributed by atoms with Crippen LogP contribution in [-0.2, 0) is 6.54 Å². The minimum Gasteiger partial charge on any atom is -0.389 e. The molecule has 1 aromatic heterocycles. The molecular formula is C12H18N2OS. The molecule has 1 rings (SSSR count). The average molecular weight is 238 g/mol. The van der Waals surface area contributed by atoms with Crippen molar-refractivity contribution < 1.29 is 0 Å². The third-order valence-corrected chi connectivity index (χ3v) is 2.86. The van der Waals surface area contributed by atoms with Crippen LogP contribution >= 0.6 is 12.2 Å². The summed E-state index contributed by atoms with van der Waals surface area (Å²) in [5.41, 5.74) is 6.84. The molecule has 1 aromatic rings. The first kappa shape index (κ1) is 12.9. The zero-order chi connectivity index (χ0) is 12.1. The molecule has 88 valence electrons. The van der Waals surface area contributed by atoms with E-state index in [4.69, 9.17) is 18.0 Å². The minimum absolute atomic E-state index is 0.0661. The van der Waals surface area contributed by atoms with Crippen molar-refractivity contribution in [3.63, 3.8) is 0 Å². The number of aromatic nitrogens is 1. The van der Waals surface area contributed by atoms with Gasteiger partial charge >= 0.3 is 0 Å². The predicted octanol–water partition coefficient (Wildman–Crippen LogP) is 1.98. The van der Waals surface area contributed by atoms with Crippen LogP contribution in [0.15, 0.2) is 16.9 Å². The van der Waals surface area contributed by atoms with Gasteiger partial charge in [0.25, 0.3) is 5.56 Å². The number of hydrogen-bond donors (Lipinski definition) is 1. The Morgan fingerprint density at radius 1 is 1.44 bits per heavy atom. The van der Waals surface area contributed by atoms with Crippen LogP contribution < -0.4 is 11.3 Å². The molecule has 3 nitrogen and oxygen atoms in total. The van der Waals surface area contributed by atoms with E-state index in [1.807, 2.05) is 13.0 Å². The van der Waals surface area contributed by atoms with Crippen molar-refractivity contribution in [1.29, 1.82) is 0 Å². The molecule has 0 aromatic carbocycles. The summed E-state index contributed by atoms with van der Waals surface area (Å²) >= 11 is 4.85. The molecule has 1 heterocycles. The molecule has 0 unspecified atom stereocenters. The Bertz CT molecular complexity index is 437. The van der Waals surface area contributed by atoms with Gasteiger partial charge in [-0.25, -0.2) is 0 Å². The molecule has 0 fully saturated rings. The number of thiocarbonyl (C=S) groups is 1. The lowest BCUT2D eigenvalue weighted by atomic mass is 10.2. The molecular weight excluding hydrogens is 220 g/mol. The Morgan fingerprint density at radius 2 is 2.12 bits per heavy atom. The van der Waals surface area contributed by atoms with Gasteiger partial charge in [0.1, 0.15) is 4.99 Å². The number of unbranched alkanes of at least 4 members (excludes halogenated alkanes) is 2. The van der Waals surface area contributed by atoms with Crippen LogP contribution in [0.2, 0.25) is 0 Å². The van der Waals surface area contributed by atoms with Crippen molar-refractivity contribution in [1.82, 2.24) is 4.57 Å². The van der Waals surface area contributed by atoms with Crippen LogP contribution in [0.5, 0.6) is 0 Å². The first-order valence-electron chi connectivity index (χ1n) is 5.58. The maximum Gasteiger partial charge on any atom is 0.260 e. The van der Waals surface area contributed by atoms with Crippen LogP contribution in [0, 0.1) is 6.92 Å². The van der Waals surface area contributed by atoms with Gasteiger partial charge in [-0.15, -0.1) is 0 Å². The number of nitrogens with zero attached hydrogens (tertiary/aromatic N) is 1. The maximum absolute atomic E-state index is 12.0. The predicted molar refractivity (Wildman–Crippen MR) is 70.9 cm³/mol. The molecule has 0 spiro atoms. The van der Waals surface area contributed by atoms with E-state index >= 15 is 0 Å². The molecule has 0 atom stereocenters. The second kappa shape index (κ2) is 5.80. The van der Waals surface area contributed by atoms with Gasteiger partial charge in [0.2, 0.25) is 0 Å². The smallest absolute Gasteiger partial charge is 0.260 e. The van der Waals surface area contributed by atoms with E-state index in [1.54, 1.807) is 10.6 Å². The number of hydrogen-bond acceptors (Lipinski definition) is 2. The highest BCUT2D eigenvalue weighted by Crippen LogP contribution is 2.02. The largest absolute Gasteiger partial charge is 0.389 e. The summed E-state index contributed by atoms with van der Waals surface area (Å²) in [4.78, 5) is 12.2. The first-order chi connectivity index (χ1) is 7.57. The maximum atomic E-state index is 12.0. The van der Waals surface area contributed by atoms with Crippen molar-refractivity contribution in [3.8, 4) is 0 Å². The highest BCUT2D eigenvalue weighted by Gasteiger charge is 2.07. The number of aryl methyl sites for hydroxylation is 1. The third-order valence-electron chi connectivity index (χ3n) is 2.64. The highest BCUT2D eigenvalue weighted by molar-refractivity contribution is 7.80. The summed E-state index contributed by atoms with van der Waals surface area (Å²) in [6.07, 6.45) is 3.28. The molecule has 4 heteroatoms. The van der Waals surface area contributed by atoms with E-state index in [9.17, 15) is 4.79 Å². The van der Waals surface area contributed by atoms with Gasteiger partial charge in [-0.1, -0.05) is 32.0 Å².